The molecule has 2 heterocycles. The third-order valence-corrected chi connectivity index (χ3v) is 3.31. The number of nitrogens with two attached hydrogens (primary N) is 1. The number of aromatic nitrogens is 3. The maximum absolute atomic E-state index is 9.06. The second kappa shape index (κ2) is 4.53. The number of benzene rings is 1. The number of aliphatic hydroxyl groups is 1. The molecule has 2 aromatic heterocycles. The first-order chi connectivity index (χ1) is 9.20. The van der Waals surface area contributed by atoms with Gasteiger partial charge in [0.1, 0.15) is 5.82 Å². The molecule has 0 spiro atoms. The van der Waals surface area contributed by atoms with Crippen LogP contribution in [0.25, 0.3) is 22.2 Å². The van der Waals surface area contributed by atoms with E-state index in [-0.39, 0.29) is 6.61 Å². The summed E-state index contributed by atoms with van der Waals surface area (Å²) in [5.74, 6) is 0.599. The van der Waals surface area contributed by atoms with Gasteiger partial charge in [-0.25, -0.2) is 4.98 Å². The van der Waals surface area contributed by atoms with Crippen molar-refractivity contribution in [2.45, 2.75) is 13.0 Å². The van der Waals surface area contributed by atoms with Crippen LogP contribution in [0.4, 0.5) is 0 Å². The van der Waals surface area contributed by atoms with Crippen LogP contribution in [0, 0.1) is 6.92 Å². The topological polar surface area (TPSA) is 90.7 Å². The maximum atomic E-state index is 9.06. The van der Waals surface area contributed by atoms with E-state index in [1.54, 1.807) is 6.20 Å². The highest BCUT2D eigenvalue weighted by Gasteiger charge is 2.14. The Morgan fingerprint density at radius 2 is 2.11 bits per heavy atom. The Morgan fingerprint density at radius 3 is 2.89 bits per heavy atom. The van der Waals surface area contributed by atoms with Crippen molar-refractivity contribution in [1.82, 2.24) is 15.0 Å². The van der Waals surface area contributed by atoms with Crippen LogP contribution in [0.5, 0.6) is 0 Å². The monoisotopic (exact) mass is 256 g/mol. The van der Waals surface area contributed by atoms with Gasteiger partial charge in [0, 0.05) is 22.2 Å². The van der Waals surface area contributed by atoms with Gasteiger partial charge in [0.05, 0.1) is 24.5 Å². The van der Waals surface area contributed by atoms with Crippen molar-refractivity contribution in [3.8, 4) is 11.3 Å². The summed E-state index contributed by atoms with van der Waals surface area (Å²) in [5, 5.41) is 10.2. The molecule has 5 heteroatoms. The summed E-state index contributed by atoms with van der Waals surface area (Å²) in [4.78, 5) is 10.8. The molecule has 0 amide bonds. The summed E-state index contributed by atoms with van der Waals surface area (Å²) < 4.78 is 0. The van der Waals surface area contributed by atoms with Crippen LogP contribution in [-0.4, -0.2) is 26.7 Å². The van der Waals surface area contributed by atoms with Crippen LogP contribution in [0.1, 0.15) is 17.6 Å². The molecule has 0 aliphatic rings. The molecule has 0 radical (unpaired) electrons. The molecule has 1 unspecified atom stereocenters. The normalized spacial score (nSPS) is 13.0. The molecule has 1 aromatic carbocycles. The second-order valence-corrected chi connectivity index (χ2v) is 4.64. The Kier molecular flexibility index (Phi) is 2.85. The molecule has 0 aliphatic carbocycles. The van der Waals surface area contributed by atoms with Crippen LogP contribution < -0.4 is 5.73 Å². The first-order valence-electron chi connectivity index (χ1n) is 6.19. The minimum atomic E-state index is -0.473. The third kappa shape index (κ3) is 1.93. The summed E-state index contributed by atoms with van der Waals surface area (Å²) in [7, 11) is 0. The predicted octanol–water partition coefficient (Wildman–Crippen LogP) is 1.86. The smallest absolute Gasteiger partial charge is 0.125 e. The number of nitrogens with zero attached hydrogens (tertiary/aromatic N) is 1. The maximum Gasteiger partial charge on any atom is 0.125 e. The molecule has 19 heavy (non-hydrogen) atoms. The van der Waals surface area contributed by atoms with Crippen molar-refractivity contribution < 1.29 is 5.11 Å². The van der Waals surface area contributed by atoms with E-state index in [1.807, 2.05) is 25.1 Å². The molecule has 3 rings (SSSR count). The van der Waals surface area contributed by atoms with Crippen molar-refractivity contribution in [3.05, 3.63) is 42.0 Å². The van der Waals surface area contributed by atoms with Crippen molar-refractivity contribution in [1.29, 1.82) is 0 Å². The van der Waals surface area contributed by atoms with Crippen LogP contribution in [0.2, 0.25) is 0 Å². The fraction of sp³-hybridized carbons (Fsp3) is 0.214. The number of nitrogens with one attached hydrogen (secondary N) is 2. The Labute approximate surface area is 110 Å². The van der Waals surface area contributed by atoms with E-state index in [1.165, 1.54) is 0 Å². The van der Waals surface area contributed by atoms with E-state index in [0.29, 0.717) is 5.82 Å². The SMILES string of the molecule is Cc1[nH]c2ccccc2c1-c1cnc(C(N)CO)[nH]1. The summed E-state index contributed by atoms with van der Waals surface area (Å²) in [6, 6.07) is 7.65. The minimum Gasteiger partial charge on any atom is -0.394 e. The van der Waals surface area contributed by atoms with E-state index in [0.717, 1.165) is 27.9 Å². The van der Waals surface area contributed by atoms with Gasteiger partial charge < -0.3 is 20.8 Å². The fourth-order valence-corrected chi connectivity index (χ4v) is 2.36. The number of aliphatic hydroxyl groups excluding tert-OH is 1. The molecule has 1 atom stereocenters. The Hall–Kier alpha value is -2.11. The second-order valence-electron chi connectivity index (χ2n) is 4.64. The molecule has 0 saturated heterocycles. The van der Waals surface area contributed by atoms with E-state index < -0.39 is 6.04 Å². The van der Waals surface area contributed by atoms with Crippen LogP contribution in [-0.2, 0) is 0 Å². The highest BCUT2D eigenvalue weighted by atomic mass is 16.3. The summed E-state index contributed by atoms with van der Waals surface area (Å²) >= 11 is 0. The van der Waals surface area contributed by atoms with Gasteiger partial charge in [-0.05, 0) is 13.0 Å². The van der Waals surface area contributed by atoms with Crippen molar-refractivity contribution in [3.63, 3.8) is 0 Å². The standard InChI is InChI=1S/C14H16N4O/c1-8-13(9-4-2-3-5-11(9)17-8)12-6-16-14(18-12)10(15)7-19/h2-6,10,17,19H,7,15H2,1H3,(H,16,18). The number of imidazole rings is 1. The van der Waals surface area contributed by atoms with E-state index in [4.69, 9.17) is 10.8 Å². The van der Waals surface area contributed by atoms with Crippen molar-refractivity contribution in [2.75, 3.05) is 6.61 Å². The lowest BCUT2D eigenvalue weighted by Gasteiger charge is -2.03. The molecule has 5 N–H and O–H groups in total. The number of rotatable bonds is 3. The summed E-state index contributed by atoms with van der Waals surface area (Å²) in [6.07, 6.45) is 1.76. The van der Waals surface area contributed by atoms with Gasteiger partial charge >= 0.3 is 0 Å². The average molecular weight is 256 g/mol. The minimum absolute atomic E-state index is 0.125. The predicted molar refractivity (Wildman–Crippen MR) is 74.6 cm³/mol. The van der Waals surface area contributed by atoms with E-state index in [2.05, 4.69) is 21.0 Å². The number of fused-ring (bicyclic) bond motifs is 1. The van der Waals surface area contributed by atoms with Gasteiger partial charge in [0.2, 0.25) is 0 Å². The Bertz CT molecular complexity index is 713. The van der Waals surface area contributed by atoms with E-state index >= 15 is 0 Å². The summed E-state index contributed by atoms with van der Waals surface area (Å²) in [5.41, 5.74) is 9.94. The lowest BCUT2D eigenvalue weighted by molar-refractivity contribution is 0.264. The molecular weight excluding hydrogens is 240 g/mol. The zero-order valence-corrected chi connectivity index (χ0v) is 10.6. The highest BCUT2D eigenvalue weighted by molar-refractivity contribution is 5.96. The summed E-state index contributed by atoms with van der Waals surface area (Å²) in [6.45, 7) is 1.90. The average Bonchev–Trinajstić information content (AvgIpc) is 3.00. The molecule has 0 saturated carbocycles. The lowest BCUT2D eigenvalue weighted by Crippen LogP contribution is -2.15. The number of para-hydroxylation sites is 1. The van der Waals surface area contributed by atoms with Gasteiger partial charge in [-0.2, -0.15) is 0 Å². The van der Waals surface area contributed by atoms with Crippen molar-refractivity contribution >= 4 is 10.9 Å². The number of H-pyrrole nitrogens is 2. The largest absolute Gasteiger partial charge is 0.394 e. The van der Waals surface area contributed by atoms with Gasteiger partial charge in [-0.3, -0.25) is 0 Å². The zero-order chi connectivity index (χ0) is 13.4. The van der Waals surface area contributed by atoms with Gasteiger partial charge in [0.25, 0.3) is 0 Å². The molecule has 0 fully saturated rings. The molecule has 0 aliphatic heterocycles. The third-order valence-electron chi connectivity index (χ3n) is 3.31. The number of aromatic amines is 2. The molecule has 0 bridgehead atoms. The Morgan fingerprint density at radius 1 is 1.32 bits per heavy atom. The molecular formula is C14H16N4O. The number of aryl methyl sites for hydroxylation is 1. The molecule has 98 valence electrons. The van der Waals surface area contributed by atoms with Crippen molar-refractivity contribution in [2.24, 2.45) is 5.73 Å². The van der Waals surface area contributed by atoms with Gasteiger partial charge in [-0.1, -0.05) is 18.2 Å². The van der Waals surface area contributed by atoms with E-state index in [9.17, 15) is 0 Å². The quantitative estimate of drug-likeness (QED) is 0.576. The lowest BCUT2D eigenvalue weighted by atomic mass is 10.1. The highest BCUT2D eigenvalue weighted by Crippen LogP contribution is 2.31. The number of hydrogen-bond acceptors (Lipinski definition) is 3. The zero-order valence-electron chi connectivity index (χ0n) is 10.6. The first-order valence-corrected chi connectivity index (χ1v) is 6.19. The van der Waals surface area contributed by atoms with Crippen LogP contribution in [0.15, 0.2) is 30.5 Å². The Balaban J connectivity index is 2.14. The van der Waals surface area contributed by atoms with Crippen LogP contribution >= 0.6 is 0 Å². The fourth-order valence-electron chi connectivity index (χ4n) is 2.36. The van der Waals surface area contributed by atoms with Gasteiger partial charge in [-0.15, -0.1) is 0 Å². The molecule has 3 aromatic rings. The van der Waals surface area contributed by atoms with Gasteiger partial charge in [0.15, 0.2) is 0 Å². The number of hydrogen-bond donors (Lipinski definition) is 4. The van der Waals surface area contributed by atoms with Crippen LogP contribution in [0.3, 0.4) is 0 Å². The first kappa shape index (κ1) is 12.0. The molecule has 5 nitrogen and oxygen atoms in total.